The summed E-state index contributed by atoms with van der Waals surface area (Å²) >= 11 is 0. The van der Waals surface area contributed by atoms with Crippen LogP contribution in [0.1, 0.15) is 38.2 Å². The van der Waals surface area contributed by atoms with Crippen LogP contribution in [0.3, 0.4) is 0 Å². The van der Waals surface area contributed by atoms with E-state index < -0.39 is 0 Å². The quantitative estimate of drug-likeness (QED) is 0.615. The zero-order valence-corrected chi connectivity index (χ0v) is 20.5. The number of aromatic nitrogens is 3. The molecule has 2 aromatic heterocycles. The highest BCUT2D eigenvalue weighted by Crippen LogP contribution is 2.30. The molecule has 184 valence electrons. The first-order chi connectivity index (χ1) is 16.5. The number of hydrogen-bond acceptors (Lipinski definition) is 6. The number of likely N-dealkylation sites (N-methyl/N-ethyl adjacent to an activating group) is 1. The molecule has 2 aromatic rings. The van der Waals surface area contributed by atoms with Crippen molar-refractivity contribution < 1.29 is 9.59 Å². The fourth-order valence-corrected chi connectivity index (χ4v) is 5.52. The van der Waals surface area contributed by atoms with Crippen molar-refractivity contribution in [3.63, 3.8) is 0 Å². The molecule has 0 radical (unpaired) electrons. The standard InChI is InChI=1S/C25H37N7O2/c1-3-28(2)11-9-20-16-26-22-8-10-27-32(22)23(20)31-17-21(18-31)25(34)30-14-12-29(13-15-30)24(33)19-6-4-5-7-19/h8,10,16,19,21H,3-7,9,11-15,17-18H2,1-2H3. The number of rotatable bonds is 7. The smallest absolute Gasteiger partial charge is 0.229 e. The Balaban J connectivity index is 1.19. The Kier molecular flexibility index (Phi) is 6.72. The van der Waals surface area contributed by atoms with Crippen molar-refractivity contribution in [1.82, 2.24) is 29.3 Å². The molecule has 2 saturated heterocycles. The van der Waals surface area contributed by atoms with Gasteiger partial charge in [-0.3, -0.25) is 9.59 Å². The second-order valence-electron chi connectivity index (χ2n) is 10.1. The van der Waals surface area contributed by atoms with Crippen molar-refractivity contribution in [1.29, 1.82) is 0 Å². The molecule has 0 aromatic carbocycles. The van der Waals surface area contributed by atoms with Crippen LogP contribution in [0.25, 0.3) is 5.65 Å². The monoisotopic (exact) mass is 467 g/mol. The molecule has 9 heteroatoms. The first-order valence-corrected chi connectivity index (χ1v) is 12.9. The number of carbonyl (C=O) groups excluding carboxylic acids is 2. The number of hydrogen-bond donors (Lipinski definition) is 0. The predicted molar refractivity (Wildman–Crippen MR) is 131 cm³/mol. The fourth-order valence-electron chi connectivity index (χ4n) is 5.52. The Bertz CT molecular complexity index is 1020. The van der Waals surface area contributed by atoms with Crippen molar-refractivity contribution in [2.24, 2.45) is 11.8 Å². The molecule has 1 saturated carbocycles. The van der Waals surface area contributed by atoms with E-state index in [9.17, 15) is 9.59 Å². The first-order valence-electron chi connectivity index (χ1n) is 12.9. The summed E-state index contributed by atoms with van der Waals surface area (Å²) in [7, 11) is 2.12. The lowest BCUT2D eigenvalue weighted by Gasteiger charge is -2.44. The number of amides is 2. The zero-order valence-electron chi connectivity index (χ0n) is 20.5. The third-order valence-corrected chi connectivity index (χ3v) is 7.90. The van der Waals surface area contributed by atoms with Crippen LogP contribution in [-0.4, -0.2) is 101 Å². The van der Waals surface area contributed by atoms with Gasteiger partial charge in [0.05, 0.1) is 12.1 Å². The van der Waals surface area contributed by atoms with Crippen LogP contribution in [0.15, 0.2) is 18.5 Å². The number of piperazine rings is 1. The first kappa shape index (κ1) is 23.1. The van der Waals surface area contributed by atoms with Crippen molar-refractivity contribution in [3.8, 4) is 0 Å². The largest absolute Gasteiger partial charge is 0.354 e. The van der Waals surface area contributed by atoms with Gasteiger partial charge in [-0.25, -0.2) is 4.98 Å². The molecular weight excluding hydrogens is 430 g/mol. The topological polar surface area (TPSA) is 77.3 Å². The van der Waals surface area contributed by atoms with E-state index in [1.54, 1.807) is 6.20 Å². The normalized spacial score (nSPS) is 19.9. The molecule has 4 heterocycles. The molecule has 9 nitrogen and oxygen atoms in total. The summed E-state index contributed by atoms with van der Waals surface area (Å²) in [6.45, 7) is 8.18. The lowest BCUT2D eigenvalue weighted by Crippen LogP contribution is -2.59. The van der Waals surface area contributed by atoms with Crippen molar-refractivity contribution in [3.05, 3.63) is 24.0 Å². The van der Waals surface area contributed by atoms with Gasteiger partial charge in [0.25, 0.3) is 0 Å². The Morgan fingerprint density at radius 1 is 1.03 bits per heavy atom. The molecule has 3 aliphatic rings. The van der Waals surface area contributed by atoms with Gasteiger partial charge in [-0.05, 0) is 32.9 Å². The van der Waals surface area contributed by atoms with Gasteiger partial charge in [0.2, 0.25) is 11.8 Å². The van der Waals surface area contributed by atoms with Crippen molar-refractivity contribution >= 4 is 23.3 Å². The average molecular weight is 468 g/mol. The van der Waals surface area contributed by atoms with E-state index in [-0.39, 0.29) is 17.7 Å². The third-order valence-electron chi connectivity index (χ3n) is 7.90. The van der Waals surface area contributed by atoms with Gasteiger partial charge in [0.1, 0.15) is 5.82 Å². The molecule has 2 aliphatic heterocycles. The maximum atomic E-state index is 13.2. The predicted octanol–water partition coefficient (Wildman–Crippen LogP) is 1.52. The summed E-state index contributed by atoms with van der Waals surface area (Å²) in [5, 5.41) is 4.51. The molecular formula is C25H37N7O2. The zero-order chi connectivity index (χ0) is 23.7. The molecule has 0 N–H and O–H groups in total. The summed E-state index contributed by atoms with van der Waals surface area (Å²) in [6, 6.07) is 1.92. The van der Waals surface area contributed by atoms with Crippen LogP contribution in [0, 0.1) is 11.8 Å². The van der Waals surface area contributed by atoms with Gasteiger partial charge in [0.15, 0.2) is 5.65 Å². The van der Waals surface area contributed by atoms with Gasteiger partial charge >= 0.3 is 0 Å². The number of fused-ring (bicyclic) bond motifs is 1. The number of nitrogens with zero attached hydrogens (tertiary/aromatic N) is 7. The molecule has 34 heavy (non-hydrogen) atoms. The van der Waals surface area contributed by atoms with Crippen LogP contribution in [0.2, 0.25) is 0 Å². The van der Waals surface area contributed by atoms with Gasteiger partial charge in [0, 0.05) is 69.6 Å². The second-order valence-corrected chi connectivity index (χ2v) is 10.1. The molecule has 5 rings (SSSR count). The average Bonchev–Trinajstić information content (AvgIpc) is 3.54. The Morgan fingerprint density at radius 2 is 1.68 bits per heavy atom. The number of anilines is 1. The molecule has 3 fully saturated rings. The van der Waals surface area contributed by atoms with Crippen LogP contribution in [-0.2, 0) is 16.0 Å². The van der Waals surface area contributed by atoms with E-state index in [1.807, 2.05) is 26.6 Å². The van der Waals surface area contributed by atoms with Crippen LogP contribution >= 0.6 is 0 Å². The highest BCUT2D eigenvalue weighted by molar-refractivity contribution is 5.83. The maximum absolute atomic E-state index is 13.2. The summed E-state index contributed by atoms with van der Waals surface area (Å²) < 4.78 is 1.91. The summed E-state index contributed by atoms with van der Waals surface area (Å²) in [5.41, 5.74) is 2.00. The lowest BCUT2D eigenvalue weighted by molar-refractivity contribution is -0.144. The number of carbonyl (C=O) groups is 2. The summed E-state index contributed by atoms with van der Waals surface area (Å²) in [6.07, 6.45) is 9.05. The molecule has 0 spiro atoms. The van der Waals surface area contributed by atoms with Gasteiger partial charge in [-0.2, -0.15) is 9.61 Å². The van der Waals surface area contributed by atoms with E-state index in [4.69, 9.17) is 0 Å². The van der Waals surface area contributed by atoms with Crippen LogP contribution in [0.5, 0.6) is 0 Å². The molecule has 1 aliphatic carbocycles. The SMILES string of the molecule is CCN(C)CCc1cnc2ccnn2c1N1CC(C(=O)N2CCN(C(=O)C3CCCC3)CC2)C1. The Morgan fingerprint density at radius 3 is 2.32 bits per heavy atom. The Labute approximate surface area is 201 Å². The molecule has 0 unspecified atom stereocenters. The van der Waals surface area contributed by atoms with Gasteiger partial charge < -0.3 is 19.6 Å². The van der Waals surface area contributed by atoms with Crippen molar-refractivity contribution in [2.45, 2.75) is 39.0 Å². The molecule has 0 bridgehead atoms. The second kappa shape index (κ2) is 9.90. The third kappa shape index (κ3) is 4.50. The maximum Gasteiger partial charge on any atom is 0.229 e. The van der Waals surface area contributed by atoms with Crippen LogP contribution < -0.4 is 4.90 Å². The highest BCUT2D eigenvalue weighted by Gasteiger charge is 2.39. The van der Waals surface area contributed by atoms with E-state index in [2.05, 4.69) is 33.9 Å². The fraction of sp³-hybridized carbons (Fsp3) is 0.680. The highest BCUT2D eigenvalue weighted by atomic mass is 16.2. The summed E-state index contributed by atoms with van der Waals surface area (Å²) in [5.74, 6) is 1.81. The molecule has 2 amide bonds. The van der Waals surface area contributed by atoms with E-state index in [0.29, 0.717) is 45.2 Å². The minimum atomic E-state index is 0.00188. The van der Waals surface area contributed by atoms with E-state index >= 15 is 0 Å². The lowest BCUT2D eigenvalue weighted by atomic mass is 9.97. The minimum absolute atomic E-state index is 0.00188. The minimum Gasteiger partial charge on any atom is -0.354 e. The van der Waals surface area contributed by atoms with E-state index in [1.165, 1.54) is 18.4 Å². The van der Waals surface area contributed by atoms with Crippen LogP contribution in [0.4, 0.5) is 5.82 Å². The van der Waals surface area contributed by atoms with Crippen molar-refractivity contribution in [2.75, 3.05) is 64.3 Å². The summed E-state index contributed by atoms with van der Waals surface area (Å²) in [4.78, 5) is 39.0. The Hall–Kier alpha value is -2.68. The molecule has 0 atom stereocenters. The van der Waals surface area contributed by atoms with Gasteiger partial charge in [-0.1, -0.05) is 19.8 Å². The van der Waals surface area contributed by atoms with E-state index in [0.717, 1.165) is 43.8 Å². The van der Waals surface area contributed by atoms with Gasteiger partial charge in [-0.15, -0.1) is 0 Å².